The highest BCUT2D eigenvalue weighted by Gasteiger charge is 2.51. The average molecular weight is 513 g/mol. The Labute approximate surface area is 212 Å². The highest BCUT2D eigenvalue weighted by Crippen LogP contribution is 2.40. The number of rotatable bonds is 7. The summed E-state index contributed by atoms with van der Waals surface area (Å²) in [7, 11) is 1.39. The van der Waals surface area contributed by atoms with Crippen LogP contribution in [0, 0.1) is 17.1 Å². The van der Waals surface area contributed by atoms with Gasteiger partial charge in [-0.05, 0) is 37.6 Å². The van der Waals surface area contributed by atoms with Crippen molar-refractivity contribution in [1.29, 1.82) is 5.26 Å². The number of benzene rings is 2. The van der Waals surface area contributed by atoms with Gasteiger partial charge in [0.2, 0.25) is 0 Å². The molecule has 1 aliphatic heterocycles. The maximum absolute atomic E-state index is 14.8. The summed E-state index contributed by atoms with van der Waals surface area (Å²) in [5.74, 6) is -3.98. The van der Waals surface area contributed by atoms with Gasteiger partial charge in [0.05, 0.1) is 19.2 Å². The molecule has 2 aromatic carbocycles. The van der Waals surface area contributed by atoms with Gasteiger partial charge >= 0.3 is 0 Å². The van der Waals surface area contributed by atoms with Crippen LogP contribution < -0.4 is 15.8 Å². The van der Waals surface area contributed by atoms with Crippen LogP contribution in [0.5, 0.6) is 5.75 Å². The molecule has 1 fully saturated rings. The summed E-state index contributed by atoms with van der Waals surface area (Å²) in [4.78, 5) is 14.2. The van der Waals surface area contributed by atoms with Crippen LogP contribution in [0.1, 0.15) is 41.4 Å². The van der Waals surface area contributed by atoms with E-state index in [0.717, 1.165) is 10.7 Å². The Bertz CT molecular complexity index is 1350. The number of carbonyl (C=O) groups excluding carboxylic acids is 1. The van der Waals surface area contributed by atoms with Crippen molar-refractivity contribution in [1.82, 2.24) is 20.0 Å². The first-order valence-corrected chi connectivity index (χ1v) is 11.7. The van der Waals surface area contributed by atoms with Crippen molar-refractivity contribution in [3.8, 4) is 23.1 Å². The van der Waals surface area contributed by atoms with Gasteiger partial charge in [-0.1, -0.05) is 24.3 Å². The van der Waals surface area contributed by atoms with Gasteiger partial charge in [0.25, 0.3) is 11.8 Å². The first kappa shape index (κ1) is 26.0. The van der Waals surface area contributed by atoms with E-state index in [2.05, 4.69) is 10.4 Å². The first-order valence-electron chi connectivity index (χ1n) is 11.7. The van der Waals surface area contributed by atoms with Crippen molar-refractivity contribution < 1.29 is 22.7 Å². The Kier molecular flexibility index (Phi) is 7.14. The van der Waals surface area contributed by atoms with E-state index in [-0.39, 0.29) is 47.5 Å². The fraction of sp³-hybridized carbons (Fsp3) is 0.346. The predicted octanol–water partition coefficient (Wildman–Crippen LogP) is 3.98. The molecule has 3 N–H and O–H groups in total. The van der Waals surface area contributed by atoms with E-state index in [9.17, 15) is 23.2 Å². The molecule has 2 heterocycles. The van der Waals surface area contributed by atoms with Gasteiger partial charge in [0.1, 0.15) is 40.8 Å². The Morgan fingerprint density at radius 3 is 2.59 bits per heavy atom. The lowest BCUT2D eigenvalue weighted by Gasteiger charge is -2.19. The average Bonchev–Trinajstić information content (AvgIpc) is 3.37. The number of aromatic nitrogens is 2. The summed E-state index contributed by atoms with van der Waals surface area (Å²) >= 11 is 0. The quantitative estimate of drug-likeness (QED) is 0.496. The van der Waals surface area contributed by atoms with Crippen LogP contribution in [0.4, 0.5) is 19.0 Å². The summed E-state index contributed by atoms with van der Waals surface area (Å²) in [5, 5.41) is 16.7. The lowest BCUT2D eigenvalue weighted by molar-refractivity contribution is -0.0257. The number of amides is 1. The van der Waals surface area contributed by atoms with Crippen LogP contribution in [-0.4, -0.2) is 52.8 Å². The summed E-state index contributed by atoms with van der Waals surface area (Å²) in [6.45, 7) is 3.48. The molecule has 1 unspecified atom stereocenters. The zero-order valence-electron chi connectivity index (χ0n) is 20.6. The SMILES string of the molecule is COc1ccc(F)cc1C(=O)NCc1ccc(-c2nn(C3CN(C(C)C)CC3(F)F)c(N)c2C#N)cc1. The topological polar surface area (TPSA) is 109 Å². The van der Waals surface area contributed by atoms with Crippen LogP contribution >= 0.6 is 0 Å². The number of nitrogen functional groups attached to an aromatic ring is 1. The van der Waals surface area contributed by atoms with Crippen molar-refractivity contribution in [2.24, 2.45) is 0 Å². The number of nitrogens with two attached hydrogens (primary N) is 1. The molecule has 0 bridgehead atoms. The fourth-order valence-electron chi connectivity index (χ4n) is 4.36. The molecule has 1 aliphatic rings. The van der Waals surface area contributed by atoms with Crippen molar-refractivity contribution >= 4 is 11.7 Å². The largest absolute Gasteiger partial charge is 0.496 e. The van der Waals surface area contributed by atoms with Crippen molar-refractivity contribution in [2.45, 2.75) is 38.4 Å². The molecule has 0 aliphatic carbocycles. The second-order valence-corrected chi connectivity index (χ2v) is 9.19. The lowest BCUT2D eigenvalue weighted by atomic mass is 10.1. The van der Waals surface area contributed by atoms with Crippen LogP contribution in [0.15, 0.2) is 42.5 Å². The van der Waals surface area contributed by atoms with Gasteiger partial charge in [-0.3, -0.25) is 9.69 Å². The molecule has 194 valence electrons. The second kappa shape index (κ2) is 10.1. The number of nitrogens with one attached hydrogen (secondary N) is 1. The van der Waals surface area contributed by atoms with E-state index in [0.29, 0.717) is 11.1 Å². The molecule has 1 amide bonds. The third-order valence-corrected chi connectivity index (χ3v) is 6.48. The number of carbonyl (C=O) groups is 1. The minimum absolute atomic E-state index is 0.0260. The maximum atomic E-state index is 14.8. The van der Waals surface area contributed by atoms with E-state index in [1.807, 2.05) is 19.9 Å². The highest BCUT2D eigenvalue weighted by atomic mass is 19.3. The minimum Gasteiger partial charge on any atom is -0.496 e. The van der Waals surface area contributed by atoms with E-state index >= 15 is 0 Å². The van der Waals surface area contributed by atoms with Crippen LogP contribution in [-0.2, 0) is 6.54 Å². The van der Waals surface area contributed by atoms with E-state index in [1.165, 1.54) is 19.2 Å². The Morgan fingerprint density at radius 1 is 1.30 bits per heavy atom. The van der Waals surface area contributed by atoms with E-state index in [1.54, 1.807) is 29.2 Å². The summed E-state index contributed by atoms with van der Waals surface area (Å²) in [6, 6.07) is 11.1. The molecular weight excluding hydrogens is 485 g/mol. The number of methoxy groups -OCH3 is 1. The molecule has 1 aromatic heterocycles. The normalized spacial score (nSPS) is 17.1. The molecule has 3 aromatic rings. The molecular formula is C26H27F3N6O2. The van der Waals surface area contributed by atoms with Crippen LogP contribution in [0.2, 0.25) is 0 Å². The number of halogens is 3. The third-order valence-electron chi connectivity index (χ3n) is 6.48. The number of likely N-dealkylation sites (tertiary alicyclic amines) is 1. The van der Waals surface area contributed by atoms with Gasteiger partial charge in [-0.15, -0.1) is 0 Å². The third kappa shape index (κ3) is 5.11. The van der Waals surface area contributed by atoms with Gasteiger partial charge < -0.3 is 15.8 Å². The number of anilines is 1. The zero-order chi connectivity index (χ0) is 26.9. The van der Waals surface area contributed by atoms with Gasteiger partial charge in [0.15, 0.2) is 0 Å². The monoisotopic (exact) mass is 512 g/mol. The second-order valence-electron chi connectivity index (χ2n) is 9.19. The summed E-state index contributed by atoms with van der Waals surface area (Å²) in [6.07, 6.45) is 0. The van der Waals surface area contributed by atoms with Gasteiger partial charge in [-0.2, -0.15) is 10.4 Å². The van der Waals surface area contributed by atoms with Crippen molar-refractivity contribution in [2.75, 3.05) is 25.9 Å². The zero-order valence-corrected chi connectivity index (χ0v) is 20.6. The standard InChI is InChI=1S/C26H27F3N6O2/c1-15(2)34-13-22(26(28,29)14-34)35-24(31)20(11-30)23(33-35)17-6-4-16(5-7-17)12-32-25(36)19-10-18(27)8-9-21(19)37-3/h4-10,15,22H,12-14,31H2,1-3H3,(H,32,36). The van der Waals surface area contributed by atoms with Crippen LogP contribution in [0.25, 0.3) is 11.3 Å². The number of alkyl halides is 2. The van der Waals surface area contributed by atoms with Crippen LogP contribution in [0.3, 0.4) is 0 Å². The molecule has 1 atom stereocenters. The number of hydrogen-bond donors (Lipinski definition) is 2. The molecule has 0 saturated carbocycles. The fourth-order valence-corrected chi connectivity index (χ4v) is 4.36. The molecule has 8 nitrogen and oxygen atoms in total. The van der Waals surface area contributed by atoms with Crippen molar-refractivity contribution in [3.63, 3.8) is 0 Å². The number of nitrogens with zero attached hydrogens (tertiary/aromatic N) is 4. The van der Waals surface area contributed by atoms with Crippen molar-refractivity contribution in [3.05, 3.63) is 65.0 Å². The first-order chi connectivity index (χ1) is 17.6. The van der Waals surface area contributed by atoms with E-state index in [4.69, 9.17) is 10.5 Å². The Balaban J connectivity index is 1.53. The highest BCUT2D eigenvalue weighted by molar-refractivity contribution is 5.96. The van der Waals surface area contributed by atoms with E-state index < -0.39 is 30.2 Å². The lowest BCUT2D eigenvalue weighted by Crippen LogP contribution is -2.32. The maximum Gasteiger partial charge on any atom is 0.283 e. The number of ether oxygens (including phenoxy) is 1. The smallest absolute Gasteiger partial charge is 0.283 e. The molecule has 0 spiro atoms. The molecule has 11 heteroatoms. The Morgan fingerprint density at radius 2 is 2.00 bits per heavy atom. The minimum atomic E-state index is -3.05. The molecule has 4 rings (SSSR count). The predicted molar refractivity (Wildman–Crippen MR) is 132 cm³/mol. The van der Waals surface area contributed by atoms with Gasteiger partial charge in [-0.25, -0.2) is 17.9 Å². The molecule has 37 heavy (non-hydrogen) atoms. The summed E-state index contributed by atoms with van der Waals surface area (Å²) < 4.78 is 49.4. The molecule has 1 saturated heterocycles. The number of hydrogen-bond acceptors (Lipinski definition) is 6. The molecule has 0 radical (unpaired) electrons. The summed E-state index contributed by atoms with van der Waals surface area (Å²) in [5.41, 5.74) is 7.65. The number of nitriles is 1. The Hall–Kier alpha value is -4.04. The van der Waals surface area contributed by atoms with Gasteiger partial charge in [0, 0.05) is 24.7 Å².